The number of β-amino-alcohol motifs (C(OH)–C–C–N with tert-alkyl or cyclic N) is 1. The molecule has 0 bridgehead atoms. The molecule has 2 atom stereocenters. The van der Waals surface area contributed by atoms with Crippen LogP contribution in [0.5, 0.6) is 0 Å². The van der Waals surface area contributed by atoms with Crippen LogP contribution < -0.4 is 5.73 Å². The van der Waals surface area contributed by atoms with Gasteiger partial charge in [-0.25, -0.2) is 8.42 Å². The predicted molar refractivity (Wildman–Crippen MR) is 78.0 cm³/mol. The van der Waals surface area contributed by atoms with E-state index in [4.69, 9.17) is 5.73 Å². The van der Waals surface area contributed by atoms with Crippen LogP contribution in [0.4, 0.5) is 0 Å². The Morgan fingerprint density at radius 1 is 1.33 bits per heavy atom. The number of carbonyl (C=O) groups is 1. The third-order valence-electron chi connectivity index (χ3n) is 3.72. The molecule has 2 unspecified atom stereocenters. The van der Waals surface area contributed by atoms with Gasteiger partial charge in [0, 0.05) is 13.0 Å². The van der Waals surface area contributed by atoms with E-state index in [2.05, 4.69) is 0 Å². The van der Waals surface area contributed by atoms with Gasteiger partial charge in [-0.2, -0.15) is 4.31 Å². The fraction of sp³-hybridized carbons (Fsp3) is 0.500. The summed E-state index contributed by atoms with van der Waals surface area (Å²) in [7, 11) is -3.84. The number of nitrogens with zero attached hydrogens (tertiary/aromatic N) is 1. The SMILES string of the molecule is CC(C)c1ccc(S(=O)(=O)N2CC(O)CC2C(N)=O)cc1. The summed E-state index contributed by atoms with van der Waals surface area (Å²) in [5, 5.41) is 9.63. The Bertz CT molecular complexity index is 625. The Morgan fingerprint density at radius 2 is 1.90 bits per heavy atom. The first-order valence-corrected chi connectivity index (χ1v) is 8.26. The maximum absolute atomic E-state index is 12.6. The number of sulfonamides is 1. The number of hydrogen-bond donors (Lipinski definition) is 2. The van der Waals surface area contributed by atoms with E-state index in [1.165, 1.54) is 12.1 Å². The van der Waals surface area contributed by atoms with Gasteiger partial charge in [-0.1, -0.05) is 26.0 Å². The minimum atomic E-state index is -3.84. The molecule has 3 N–H and O–H groups in total. The first-order valence-electron chi connectivity index (χ1n) is 6.82. The van der Waals surface area contributed by atoms with Gasteiger partial charge < -0.3 is 10.8 Å². The third kappa shape index (κ3) is 3.09. The number of carbonyl (C=O) groups excluding carboxylic acids is 1. The standard InChI is InChI=1S/C14H20N2O4S/c1-9(2)10-3-5-12(6-4-10)21(19,20)16-8-11(17)7-13(16)14(15)18/h3-6,9,11,13,17H,7-8H2,1-2H3,(H2,15,18). The fourth-order valence-corrected chi connectivity index (χ4v) is 4.11. The van der Waals surface area contributed by atoms with Gasteiger partial charge in [-0.3, -0.25) is 4.79 Å². The number of nitrogens with two attached hydrogens (primary N) is 1. The van der Waals surface area contributed by atoms with Crippen molar-refractivity contribution in [1.82, 2.24) is 4.31 Å². The van der Waals surface area contributed by atoms with Crippen molar-refractivity contribution in [2.45, 2.75) is 43.2 Å². The highest BCUT2D eigenvalue weighted by Gasteiger charge is 2.42. The lowest BCUT2D eigenvalue weighted by Crippen LogP contribution is -2.43. The zero-order valence-electron chi connectivity index (χ0n) is 12.1. The molecule has 1 aliphatic rings. The van der Waals surface area contributed by atoms with Crippen LogP contribution >= 0.6 is 0 Å². The highest BCUT2D eigenvalue weighted by Crippen LogP contribution is 2.27. The van der Waals surface area contributed by atoms with Crippen molar-refractivity contribution in [2.24, 2.45) is 5.73 Å². The Labute approximate surface area is 124 Å². The molecule has 21 heavy (non-hydrogen) atoms. The Kier molecular flexibility index (Phi) is 4.36. The minimum Gasteiger partial charge on any atom is -0.392 e. The topological polar surface area (TPSA) is 101 Å². The number of benzene rings is 1. The second-order valence-electron chi connectivity index (χ2n) is 5.61. The summed E-state index contributed by atoms with van der Waals surface area (Å²) in [6.07, 6.45) is -0.828. The number of hydrogen-bond acceptors (Lipinski definition) is 4. The molecule has 2 rings (SSSR count). The van der Waals surface area contributed by atoms with Crippen molar-refractivity contribution in [3.8, 4) is 0 Å². The summed E-state index contributed by atoms with van der Waals surface area (Å²) in [5.41, 5.74) is 6.26. The lowest BCUT2D eigenvalue weighted by Gasteiger charge is -2.21. The Hall–Kier alpha value is -1.44. The fourth-order valence-electron chi connectivity index (χ4n) is 2.47. The van der Waals surface area contributed by atoms with Gasteiger partial charge in [0.25, 0.3) is 0 Å². The largest absolute Gasteiger partial charge is 0.392 e. The molecule has 1 heterocycles. The molecular weight excluding hydrogens is 292 g/mol. The van der Waals surface area contributed by atoms with Crippen LogP contribution in [0, 0.1) is 0 Å². The van der Waals surface area contributed by atoms with Crippen LogP contribution in [-0.4, -0.2) is 42.4 Å². The molecule has 6 nitrogen and oxygen atoms in total. The van der Waals surface area contributed by atoms with Gasteiger partial charge in [0.1, 0.15) is 6.04 Å². The van der Waals surface area contributed by atoms with Gasteiger partial charge in [-0.15, -0.1) is 0 Å². The van der Waals surface area contributed by atoms with E-state index in [0.717, 1.165) is 9.87 Å². The number of rotatable bonds is 4. The third-order valence-corrected chi connectivity index (χ3v) is 5.60. The van der Waals surface area contributed by atoms with Gasteiger partial charge >= 0.3 is 0 Å². The molecule has 1 aliphatic heterocycles. The Morgan fingerprint density at radius 3 is 2.38 bits per heavy atom. The molecule has 1 aromatic rings. The molecule has 0 radical (unpaired) electrons. The lowest BCUT2D eigenvalue weighted by atomic mass is 10.0. The van der Waals surface area contributed by atoms with Gasteiger partial charge in [-0.05, 0) is 23.6 Å². The van der Waals surface area contributed by atoms with Crippen molar-refractivity contribution < 1.29 is 18.3 Å². The van der Waals surface area contributed by atoms with E-state index in [1.807, 2.05) is 13.8 Å². The highest BCUT2D eigenvalue weighted by molar-refractivity contribution is 7.89. The van der Waals surface area contributed by atoms with Crippen molar-refractivity contribution >= 4 is 15.9 Å². The Balaban J connectivity index is 2.35. The molecule has 0 aromatic heterocycles. The summed E-state index contributed by atoms with van der Waals surface area (Å²) >= 11 is 0. The first-order chi connectivity index (χ1) is 9.73. The van der Waals surface area contributed by atoms with Crippen molar-refractivity contribution in [3.05, 3.63) is 29.8 Å². The maximum atomic E-state index is 12.6. The smallest absolute Gasteiger partial charge is 0.243 e. The summed E-state index contributed by atoms with van der Waals surface area (Å²) in [6.45, 7) is 3.93. The second kappa shape index (κ2) is 5.75. The number of primary amides is 1. The quantitative estimate of drug-likeness (QED) is 0.841. The number of amides is 1. The van der Waals surface area contributed by atoms with E-state index in [9.17, 15) is 18.3 Å². The highest BCUT2D eigenvalue weighted by atomic mass is 32.2. The number of aliphatic hydroxyl groups excluding tert-OH is 1. The molecule has 1 amide bonds. The molecule has 0 spiro atoms. The molecular formula is C14H20N2O4S. The van der Waals surface area contributed by atoms with E-state index in [1.54, 1.807) is 12.1 Å². The van der Waals surface area contributed by atoms with Crippen LogP contribution in [-0.2, 0) is 14.8 Å². The van der Waals surface area contributed by atoms with Crippen molar-refractivity contribution in [2.75, 3.05) is 6.54 Å². The molecule has 0 saturated carbocycles. The van der Waals surface area contributed by atoms with Crippen LogP contribution in [0.1, 0.15) is 31.7 Å². The van der Waals surface area contributed by atoms with E-state index in [-0.39, 0.29) is 17.9 Å². The summed E-state index contributed by atoms with van der Waals surface area (Å²) < 4.78 is 26.2. The number of aliphatic hydroxyl groups is 1. The molecule has 1 saturated heterocycles. The summed E-state index contributed by atoms with van der Waals surface area (Å²) in [5.74, 6) is -0.442. The average Bonchev–Trinajstić information content (AvgIpc) is 2.82. The molecule has 7 heteroatoms. The van der Waals surface area contributed by atoms with Crippen LogP contribution in [0.15, 0.2) is 29.2 Å². The molecule has 1 fully saturated rings. The average molecular weight is 312 g/mol. The van der Waals surface area contributed by atoms with Crippen LogP contribution in [0.3, 0.4) is 0 Å². The first kappa shape index (κ1) is 15.9. The summed E-state index contributed by atoms with van der Waals surface area (Å²) in [6, 6.07) is 5.56. The van der Waals surface area contributed by atoms with E-state index < -0.39 is 28.1 Å². The zero-order chi connectivity index (χ0) is 15.8. The summed E-state index contributed by atoms with van der Waals surface area (Å²) in [4.78, 5) is 11.5. The predicted octanol–water partition coefficient (Wildman–Crippen LogP) is 0.419. The zero-order valence-corrected chi connectivity index (χ0v) is 12.9. The maximum Gasteiger partial charge on any atom is 0.243 e. The van der Waals surface area contributed by atoms with Gasteiger partial charge in [0.15, 0.2) is 0 Å². The van der Waals surface area contributed by atoms with E-state index in [0.29, 0.717) is 5.92 Å². The van der Waals surface area contributed by atoms with Crippen LogP contribution in [0.2, 0.25) is 0 Å². The van der Waals surface area contributed by atoms with E-state index >= 15 is 0 Å². The molecule has 116 valence electrons. The second-order valence-corrected chi connectivity index (χ2v) is 7.50. The van der Waals surface area contributed by atoms with Crippen LogP contribution in [0.25, 0.3) is 0 Å². The minimum absolute atomic E-state index is 0.0403. The van der Waals surface area contributed by atoms with Crippen molar-refractivity contribution in [1.29, 1.82) is 0 Å². The van der Waals surface area contributed by atoms with Gasteiger partial charge in [0.05, 0.1) is 11.0 Å². The monoisotopic (exact) mass is 312 g/mol. The molecule has 1 aromatic carbocycles. The molecule has 0 aliphatic carbocycles. The van der Waals surface area contributed by atoms with Crippen molar-refractivity contribution in [3.63, 3.8) is 0 Å². The van der Waals surface area contributed by atoms with Gasteiger partial charge in [0.2, 0.25) is 15.9 Å². The lowest BCUT2D eigenvalue weighted by molar-refractivity contribution is -0.121. The normalized spacial score (nSPS) is 23.6.